The van der Waals surface area contributed by atoms with Crippen LogP contribution >= 0.6 is 15.9 Å². The van der Waals surface area contributed by atoms with Crippen LogP contribution in [0, 0.1) is 0 Å². The van der Waals surface area contributed by atoms with Gasteiger partial charge in [-0.05, 0) is 22.0 Å². The van der Waals surface area contributed by atoms with Gasteiger partial charge in [-0.25, -0.2) is 0 Å². The number of rotatable bonds is 6. The van der Waals surface area contributed by atoms with Gasteiger partial charge in [-0.15, -0.1) is 0 Å². The summed E-state index contributed by atoms with van der Waals surface area (Å²) in [5, 5.41) is 7.25. The minimum absolute atomic E-state index is 0.340. The Morgan fingerprint density at radius 2 is 2.21 bits per heavy atom. The summed E-state index contributed by atoms with van der Waals surface area (Å²) in [6.45, 7) is 5.21. The summed E-state index contributed by atoms with van der Waals surface area (Å²) in [6.07, 6.45) is 3.36. The van der Waals surface area contributed by atoms with Crippen molar-refractivity contribution in [2.45, 2.75) is 33.0 Å². The van der Waals surface area contributed by atoms with Crippen molar-refractivity contribution in [3.63, 3.8) is 0 Å². The molecule has 102 valence electrons. The van der Waals surface area contributed by atoms with Gasteiger partial charge in [-0.2, -0.15) is 0 Å². The van der Waals surface area contributed by atoms with E-state index in [1.54, 1.807) is 12.4 Å². The van der Waals surface area contributed by atoms with Gasteiger partial charge < -0.3 is 14.6 Å². The van der Waals surface area contributed by atoms with Gasteiger partial charge in [0.25, 0.3) is 0 Å². The highest BCUT2D eigenvalue weighted by molar-refractivity contribution is 9.10. The van der Waals surface area contributed by atoms with Gasteiger partial charge >= 0.3 is 0 Å². The Kier molecular flexibility index (Phi) is 4.93. The highest BCUT2D eigenvalue weighted by Crippen LogP contribution is 2.17. The first-order valence-electron chi connectivity index (χ1n) is 6.04. The molecule has 19 heavy (non-hydrogen) atoms. The number of nitrogens with zero attached hydrogens (tertiary/aromatic N) is 2. The van der Waals surface area contributed by atoms with E-state index in [9.17, 15) is 0 Å². The molecule has 2 heterocycles. The fraction of sp³-hybridized carbons (Fsp3) is 0.385. The topological polar surface area (TPSA) is 60.2 Å². The van der Waals surface area contributed by atoms with Crippen molar-refractivity contribution in [3.8, 4) is 5.75 Å². The first kappa shape index (κ1) is 14.0. The van der Waals surface area contributed by atoms with Crippen LogP contribution in [0.2, 0.25) is 0 Å². The van der Waals surface area contributed by atoms with Crippen LogP contribution in [-0.4, -0.2) is 16.2 Å². The number of pyridine rings is 1. The number of nitrogens with one attached hydrogen (secondary N) is 1. The van der Waals surface area contributed by atoms with Crippen LogP contribution in [0.15, 0.2) is 33.5 Å². The maximum atomic E-state index is 5.57. The molecular formula is C13H16BrN3O2. The van der Waals surface area contributed by atoms with Gasteiger partial charge in [0.2, 0.25) is 0 Å². The summed E-state index contributed by atoms with van der Waals surface area (Å²) in [5.74, 6) is 1.38. The number of halogens is 1. The SMILES string of the molecule is CC(C)NCc1cc(COc2cncc(Br)c2)on1. The molecule has 5 nitrogen and oxygen atoms in total. The lowest BCUT2D eigenvalue weighted by Crippen LogP contribution is -2.21. The molecule has 0 fully saturated rings. The van der Waals surface area contributed by atoms with Crippen molar-refractivity contribution < 1.29 is 9.26 Å². The first-order valence-corrected chi connectivity index (χ1v) is 6.84. The molecule has 0 saturated heterocycles. The quantitative estimate of drug-likeness (QED) is 0.884. The van der Waals surface area contributed by atoms with Crippen molar-refractivity contribution >= 4 is 15.9 Å². The van der Waals surface area contributed by atoms with Gasteiger partial charge in [0, 0.05) is 29.3 Å². The molecule has 0 spiro atoms. The molecule has 0 aliphatic carbocycles. The number of aromatic nitrogens is 2. The second-order valence-electron chi connectivity index (χ2n) is 4.45. The Hall–Kier alpha value is -1.40. The molecule has 0 saturated carbocycles. The zero-order valence-electron chi connectivity index (χ0n) is 10.9. The van der Waals surface area contributed by atoms with E-state index in [0.29, 0.717) is 30.7 Å². The largest absolute Gasteiger partial charge is 0.484 e. The number of hydrogen-bond acceptors (Lipinski definition) is 5. The average molecular weight is 326 g/mol. The molecule has 1 N–H and O–H groups in total. The van der Waals surface area contributed by atoms with Crippen molar-refractivity contribution in [1.29, 1.82) is 0 Å². The van der Waals surface area contributed by atoms with E-state index in [4.69, 9.17) is 9.26 Å². The molecule has 0 atom stereocenters. The van der Waals surface area contributed by atoms with Crippen molar-refractivity contribution in [2.75, 3.05) is 0 Å². The molecule has 2 aromatic rings. The van der Waals surface area contributed by atoms with Gasteiger partial charge in [0.15, 0.2) is 5.76 Å². The summed E-state index contributed by atoms with van der Waals surface area (Å²) in [6, 6.07) is 4.16. The van der Waals surface area contributed by atoms with Gasteiger partial charge in [-0.3, -0.25) is 4.98 Å². The molecule has 0 aliphatic heterocycles. The molecule has 0 amide bonds. The Bertz CT molecular complexity index is 528. The van der Waals surface area contributed by atoms with E-state index in [2.05, 4.69) is 45.2 Å². The molecule has 0 bridgehead atoms. The minimum Gasteiger partial charge on any atom is -0.484 e. The summed E-state index contributed by atoms with van der Waals surface area (Å²) in [7, 11) is 0. The van der Waals surface area contributed by atoms with Crippen molar-refractivity contribution in [3.05, 3.63) is 40.5 Å². The monoisotopic (exact) mass is 325 g/mol. The highest BCUT2D eigenvalue weighted by Gasteiger charge is 2.06. The maximum Gasteiger partial charge on any atom is 0.174 e. The van der Waals surface area contributed by atoms with Crippen LogP contribution in [-0.2, 0) is 13.2 Å². The molecule has 2 aromatic heterocycles. The Morgan fingerprint density at radius 3 is 2.95 bits per heavy atom. The van der Waals surface area contributed by atoms with Gasteiger partial charge in [-0.1, -0.05) is 19.0 Å². The zero-order chi connectivity index (χ0) is 13.7. The Balaban J connectivity index is 1.86. The zero-order valence-corrected chi connectivity index (χ0v) is 12.5. The maximum absolute atomic E-state index is 5.57. The van der Waals surface area contributed by atoms with E-state index in [0.717, 1.165) is 10.2 Å². The standard InChI is InChI=1S/C13H16BrN3O2/c1-9(2)16-6-11-4-13(19-17-11)8-18-12-3-10(14)5-15-7-12/h3-5,7,9,16H,6,8H2,1-2H3. The van der Waals surface area contributed by atoms with Crippen LogP contribution < -0.4 is 10.1 Å². The minimum atomic E-state index is 0.340. The molecule has 6 heteroatoms. The molecule has 0 aliphatic rings. The molecule has 2 rings (SSSR count). The summed E-state index contributed by atoms with van der Waals surface area (Å²) in [4.78, 5) is 4.02. The summed E-state index contributed by atoms with van der Waals surface area (Å²) >= 11 is 3.34. The van der Waals surface area contributed by atoms with Crippen LogP contribution in [0.1, 0.15) is 25.3 Å². The smallest absolute Gasteiger partial charge is 0.174 e. The van der Waals surface area contributed by atoms with E-state index in [1.165, 1.54) is 0 Å². The molecule has 0 aromatic carbocycles. The van der Waals surface area contributed by atoms with Crippen LogP contribution in [0.5, 0.6) is 5.75 Å². The van der Waals surface area contributed by atoms with E-state index < -0.39 is 0 Å². The van der Waals surface area contributed by atoms with Crippen molar-refractivity contribution in [1.82, 2.24) is 15.5 Å². The third kappa shape index (κ3) is 4.65. The lowest BCUT2D eigenvalue weighted by atomic mass is 10.3. The lowest BCUT2D eigenvalue weighted by molar-refractivity contribution is 0.247. The number of ether oxygens (including phenoxy) is 1. The average Bonchev–Trinajstić information content (AvgIpc) is 2.82. The second-order valence-corrected chi connectivity index (χ2v) is 5.36. The number of hydrogen-bond donors (Lipinski definition) is 1. The predicted molar refractivity (Wildman–Crippen MR) is 74.7 cm³/mol. The molecule has 0 radical (unpaired) electrons. The van der Waals surface area contributed by atoms with E-state index >= 15 is 0 Å². The van der Waals surface area contributed by atoms with Gasteiger partial charge in [0.05, 0.1) is 11.9 Å². The highest BCUT2D eigenvalue weighted by atomic mass is 79.9. The third-order valence-corrected chi connectivity index (χ3v) is 2.79. The molecule has 0 unspecified atom stereocenters. The summed E-state index contributed by atoms with van der Waals surface area (Å²) in [5.41, 5.74) is 0.875. The lowest BCUT2D eigenvalue weighted by Gasteiger charge is -2.04. The van der Waals surface area contributed by atoms with E-state index in [-0.39, 0.29) is 0 Å². The normalized spacial score (nSPS) is 10.9. The van der Waals surface area contributed by atoms with Crippen molar-refractivity contribution in [2.24, 2.45) is 0 Å². The first-order chi connectivity index (χ1) is 9.13. The molecular weight excluding hydrogens is 310 g/mol. The third-order valence-electron chi connectivity index (χ3n) is 2.36. The predicted octanol–water partition coefficient (Wildman–Crippen LogP) is 2.91. The Morgan fingerprint density at radius 1 is 1.37 bits per heavy atom. The van der Waals surface area contributed by atoms with Gasteiger partial charge in [0.1, 0.15) is 12.4 Å². The fourth-order valence-electron chi connectivity index (χ4n) is 1.44. The fourth-order valence-corrected chi connectivity index (χ4v) is 1.79. The van der Waals surface area contributed by atoms with Crippen LogP contribution in [0.25, 0.3) is 0 Å². The second kappa shape index (κ2) is 6.68. The Labute approximate surface area is 120 Å². The van der Waals surface area contributed by atoms with Crippen LogP contribution in [0.3, 0.4) is 0 Å². The summed E-state index contributed by atoms with van der Waals surface area (Å²) < 4.78 is 11.6. The van der Waals surface area contributed by atoms with E-state index in [1.807, 2.05) is 12.1 Å². The van der Waals surface area contributed by atoms with Crippen LogP contribution in [0.4, 0.5) is 0 Å².